The Morgan fingerprint density at radius 3 is 2.60 bits per heavy atom. The van der Waals surface area contributed by atoms with Gasteiger partial charge in [-0.05, 0) is 18.4 Å². The number of anilines is 1. The highest BCUT2D eigenvalue weighted by Gasteiger charge is 2.34. The van der Waals surface area contributed by atoms with Crippen LogP contribution in [0, 0.1) is 26.1 Å². The van der Waals surface area contributed by atoms with E-state index in [-0.39, 0.29) is 29.9 Å². The summed E-state index contributed by atoms with van der Waals surface area (Å²) in [5, 5.41) is 31.3. The standard InChI is InChI=1S/C12H15N3O5/c1-8-4-5-13(12(8)7-16)10-3-2-9(14(17)18)6-11(10)15(19)20/h2-3,6,8,12,16H,4-5,7H2,1H3. The second-order valence-electron chi connectivity index (χ2n) is 4.90. The van der Waals surface area contributed by atoms with Crippen LogP contribution < -0.4 is 4.90 Å². The molecule has 1 aromatic rings. The minimum Gasteiger partial charge on any atom is -0.394 e. The molecular formula is C12H15N3O5. The first-order chi connectivity index (χ1) is 9.45. The van der Waals surface area contributed by atoms with Gasteiger partial charge >= 0.3 is 0 Å². The molecular weight excluding hydrogens is 266 g/mol. The average molecular weight is 281 g/mol. The number of nitrogens with zero attached hydrogens (tertiary/aromatic N) is 3. The van der Waals surface area contributed by atoms with Crippen molar-refractivity contribution >= 4 is 17.1 Å². The van der Waals surface area contributed by atoms with Gasteiger partial charge in [0.1, 0.15) is 5.69 Å². The van der Waals surface area contributed by atoms with Crippen molar-refractivity contribution < 1.29 is 15.0 Å². The van der Waals surface area contributed by atoms with Crippen molar-refractivity contribution in [2.75, 3.05) is 18.1 Å². The van der Waals surface area contributed by atoms with Crippen LogP contribution in [0.15, 0.2) is 18.2 Å². The monoisotopic (exact) mass is 281 g/mol. The number of benzene rings is 1. The van der Waals surface area contributed by atoms with Crippen molar-refractivity contribution in [3.05, 3.63) is 38.4 Å². The second-order valence-corrected chi connectivity index (χ2v) is 4.90. The molecule has 0 bridgehead atoms. The number of aliphatic hydroxyl groups excluding tert-OH is 1. The van der Waals surface area contributed by atoms with Gasteiger partial charge in [-0.3, -0.25) is 20.2 Å². The van der Waals surface area contributed by atoms with E-state index in [0.717, 1.165) is 12.5 Å². The fraction of sp³-hybridized carbons (Fsp3) is 0.500. The van der Waals surface area contributed by atoms with Crippen LogP contribution in [0.25, 0.3) is 0 Å². The minimum absolute atomic E-state index is 0.102. The largest absolute Gasteiger partial charge is 0.394 e. The zero-order chi connectivity index (χ0) is 14.9. The summed E-state index contributed by atoms with van der Waals surface area (Å²) < 4.78 is 0. The molecule has 2 atom stereocenters. The lowest BCUT2D eigenvalue weighted by Crippen LogP contribution is -2.35. The summed E-state index contributed by atoms with van der Waals surface area (Å²) in [5.74, 6) is 0.217. The van der Waals surface area contributed by atoms with Crippen LogP contribution in [-0.4, -0.2) is 34.1 Å². The van der Waals surface area contributed by atoms with Gasteiger partial charge in [-0.1, -0.05) is 6.92 Å². The summed E-state index contributed by atoms with van der Waals surface area (Å²) in [4.78, 5) is 22.3. The van der Waals surface area contributed by atoms with E-state index < -0.39 is 9.85 Å². The van der Waals surface area contributed by atoms with Crippen molar-refractivity contribution in [1.29, 1.82) is 0 Å². The van der Waals surface area contributed by atoms with E-state index in [1.54, 1.807) is 4.90 Å². The predicted molar refractivity (Wildman–Crippen MR) is 71.8 cm³/mol. The molecule has 1 aromatic carbocycles. The maximum Gasteiger partial charge on any atom is 0.299 e. The number of aliphatic hydroxyl groups is 1. The first kappa shape index (κ1) is 14.2. The fourth-order valence-electron chi connectivity index (χ4n) is 2.60. The summed E-state index contributed by atoms with van der Waals surface area (Å²) in [6.45, 7) is 2.46. The maximum absolute atomic E-state index is 11.1. The number of non-ortho nitro benzene ring substituents is 1. The molecule has 1 N–H and O–H groups in total. The SMILES string of the molecule is CC1CCN(c2ccc([N+](=O)[O-])cc2[N+](=O)[O-])C1CO. The van der Waals surface area contributed by atoms with Crippen molar-refractivity contribution in [2.24, 2.45) is 5.92 Å². The third-order valence-corrected chi connectivity index (χ3v) is 3.75. The van der Waals surface area contributed by atoms with Gasteiger partial charge in [0.2, 0.25) is 0 Å². The highest BCUT2D eigenvalue weighted by molar-refractivity contribution is 5.67. The quantitative estimate of drug-likeness (QED) is 0.664. The highest BCUT2D eigenvalue weighted by Crippen LogP contribution is 2.37. The molecule has 0 amide bonds. The van der Waals surface area contributed by atoms with E-state index in [4.69, 9.17) is 0 Å². The normalized spacial score (nSPS) is 22.0. The zero-order valence-electron chi connectivity index (χ0n) is 10.9. The Balaban J connectivity index is 2.46. The highest BCUT2D eigenvalue weighted by atomic mass is 16.6. The molecule has 1 saturated heterocycles. The third-order valence-electron chi connectivity index (χ3n) is 3.75. The maximum atomic E-state index is 11.1. The lowest BCUT2D eigenvalue weighted by molar-refractivity contribution is -0.393. The Morgan fingerprint density at radius 1 is 1.35 bits per heavy atom. The van der Waals surface area contributed by atoms with E-state index >= 15 is 0 Å². The molecule has 0 radical (unpaired) electrons. The first-order valence-corrected chi connectivity index (χ1v) is 6.26. The van der Waals surface area contributed by atoms with Gasteiger partial charge in [0.15, 0.2) is 0 Å². The molecule has 1 heterocycles. The minimum atomic E-state index is -0.660. The molecule has 108 valence electrons. The van der Waals surface area contributed by atoms with Gasteiger partial charge in [0.05, 0.1) is 28.6 Å². The summed E-state index contributed by atoms with van der Waals surface area (Å²) in [7, 11) is 0. The van der Waals surface area contributed by atoms with Crippen LogP contribution in [0.5, 0.6) is 0 Å². The molecule has 0 aliphatic carbocycles. The van der Waals surface area contributed by atoms with Crippen molar-refractivity contribution in [3.63, 3.8) is 0 Å². The predicted octanol–water partition coefficient (Wildman–Crippen LogP) is 1.71. The van der Waals surface area contributed by atoms with E-state index in [9.17, 15) is 25.3 Å². The lowest BCUT2D eigenvalue weighted by atomic mass is 10.0. The van der Waals surface area contributed by atoms with Gasteiger partial charge in [-0.15, -0.1) is 0 Å². The summed E-state index contributed by atoms with van der Waals surface area (Å²) >= 11 is 0. The summed E-state index contributed by atoms with van der Waals surface area (Å²) in [6.07, 6.45) is 0.819. The van der Waals surface area contributed by atoms with Crippen molar-refractivity contribution in [2.45, 2.75) is 19.4 Å². The Labute approximate surface area is 114 Å². The van der Waals surface area contributed by atoms with Crippen LogP contribution in [0.4, 0.5) is 17.1 Å². The fourth-order valence-corrected chi connectivity index (χ4v) is 2.60. The van der Waals surface area contributed by atoms with Crippen LogP contribution in [0.2, 0.25) is 0 Å². The van der Waals surface area contributed by atoms with E-state index in [1.807, 2.05) is 6.92 Å². The molecule has 1 fully saturated rings. The van der Waals surface area contributed by atoms with Gasteiger partial charge in [0.25, 0.3) is 11.4 Å². The molecule has 0 aromatic heterocycles. The van der Waals surface area contributed by atoms with Crippen LogP contribution >= 0.6 is 0 Å². The molecule has 2 rings (SSSR count). The molecule has 0 saturated carbocycles. The first-order valence-electron chi connectivity index (χ1n) is 6.26. The van der Waals surface area contributed by atoms with Crippen molar-refractivity contribution in [1.82, 2.24) is 0 Å². The van der Waals surface area contributed by atoms with Gasteiger partial charge in [-0.25, -0.2) is 0 Å². The smallest absolute Gasteiger partial charge is 0.299 e. The number of nitro groups is 2. The average Bonchev–Trinajstić information content (AvgIpc) is 2.78. The van der Waals surface area contributed by atoms with E-state index in [1.165, 1.54) is 12.1 Å². The van der Waals surface area contributed by atoms with E-state index in [2.05, 4.69) is 0 Å². The van der Waals surface area contributed by atoms with Gasteiger partial charge in [0, 0.05) is 12.6 Å². The number of rotatable bonds is 4. The zero-order valence-corrected chi connectivity index (χ0v) is 10.9. The van der Waals surface area contributed by atoms with Crippen LogP contribution in [-0.2, 0) is 0 Å². The Hall–Kier alpha value is -2.22. The molecule has 0 spiro atoms. The van der Waals surface area contributed by atoms with Gasteiger partial charge in [-0.2, -0.15) is 0 Å². The summed E-state index contributed by atoms with van der Waals surface area (Å²) in [6, 6.07) is 3.40. The molecule has 8 heteroatoms. The summed E-state index contributed by atoms with van der Waals surface area (Å²) in [5.41, 5.74) is -0.288. The lowest BCUT2D eigenvalue weighted by Gasteiger charge is -2.26. The molecule has 8 nitrogen and oxygen atoms in total. The van der Waals surface area contributed by atoms with Crippen LogP contribution in [0.3, 0.4) is 0 Å². The molecule has 20 heavy (non-hydrogen) atoms. The number of hydrogen-bond acceptors (Lipinski definition) is 6. The molecule has 1 aliphatic rings. The number of nitro benzene ring substituents is 2. The van der Waals surface area contributed by atoms with Crippen molar-refractivity contribution in [3.8, 4) is 0 Å². The van der Waals surface area contributed by atoms with Gasteiger partial charge < -0.3 is 10.0 Å². The Bertz CT molecular complexity index is 548. The Kier molecular flexibility index (Phi) is 3.84. The molecule has 2 unspecified atom stereocenters. The third kappa shape index (κ3) is 2.42. The van der Waals surface area contributed by atoms with Crippen LogP contribution in [0.1, 0.15) is 13.3 Å². The number of hydrogen-bond donors (Lipinski definition) is 1. The molecule has 1 aliphatic heterocycles. The second kappa shape index (κ2) is 5.41. The Morgan fingerprint density at radius 2 is 2.05 bits per heavy atom. The topological polar surface area (TPSA) is 110 Å². The van der Waals surface area contributed by atoms with E-state index in [0.29, 0.717) is 12.2 Å².